The molecule has 8 nitrogen and oxygen atoms in total. The molecule has 1 fully saturated rings. The minimum absolute atomic E-state index is 0.0299. The van der Waals surface area contributed by atoms with Crippen molar-refractivity contribution < 1.29 is 9.59 Å². The van der Waals surface area contributed by atoms with E-state index in [1.807, 2.05) is 30.3 Å². The van der Waals surface area contributed by atoms with Gasteiger partial charge in [-0.3, -0.25) is 9.59 Å². The van der Waals surface area contributed by atoms with E-state index in [4.69, 9.17) is 11.3 Å². The number of aryl methyl sites for hydroxylation is 1. The molecule has 1 aliphatic rings. The molecule has 2 aromatic rings. The number of anilines is 1. The second-order valence-corrected chi connectivity index (χ2v) is 7.83. The van der Waals surface area contributed by atoms with Crippen LogP contribution < -0.4 is 16.4 Å². The molecule has 8 heteroatoms. The third kappa shape index (κ3) is 5.88. The van der Waals surface area contributed by atoms with Crippen LogP contribution in [0.3, 0.4) is 0 Å². The van der Waals surface area contributed by atoms with Crippen LogP contribution in [0.5, 0.6) is 0 Å². The third-order valence-corrected chi connectivity index (χ3v) is 5.57. The molecule has 1 heterocycles. The number of hydrogen-bond donors (Lipinski definition) is 4. The average molecular weight is 423 g/mol. The van der Waals surface area contributed by atoms with E-state index >= 15 is 0 Å². The summed E-state index contributed by atoms with van der Waals surface area (Å²) in [5.41, 5.74) is 16.6. The SMILES string of the molecule is CNc1ccc(CNC(=O)C2CC(N)CN2C(=O)CCCc2ccccc2)cc1N=N. The lowest BCUT2D eigenvalue weighted by atomic mass is 10.1. The summed E-state index contributed by atoms with van der Waals surface area (Å²) in [5.74, 6) is -0.232. The topological polar surface area (TPSA) is 124 Å². The Hall–Kier alpha value is -3.26. The maximum absolute atomic E-state index is 12.8. The Bertz CT molecular complexity index is 918. The molecule has 0 radical (unpaired) electrons. The maximum atomic E-state index is 12.8. The van der Waals surface area contributed by atoms with Gasteiger partial charge in [0.15, 0.2) is 0 Å². The van der Waals surface area contributed by atoms with Crippen LogP contribution in [0.2, 0.25) is 0 Å². The smallest absolute Gasteiger partial charge is 0.243 e. The number of benzene rings is 2. The average Bonchev–Trinajstić information content (AvgIpc) is 3.19. The number of hydrogen-bond acceptors (Lipinski definition) is 6. The second-order valence-electron chi connectivity index (χ2n) is 7.83. The van der Waals surface area contributed by atoms with Crippen LogP contribution in [0.1, 0.15) is 30.4 Å². The zero-order valence-corrected chi connectivity index (χ0v) is 17.8. The Balaban J connectivity index is 1.55. The van der Waals surface area contributed by atoms with Gasteiger partial charge in [0, 0.05) is 32.6 Å². The van der Waals surface area contributed by atoms with E-state index < -0.39 is 6.04 Å². The number of carbonyl (C=O) groups is 2. The van der Waals surface area contributed by atoms with E-state index in [9.17, 15) is 9.59 Å². The number of likely N-dealkylation sites (tertiary alicyclic amines) is 1. The first-order valence-corrected chi connectivity index (χ1v) is 10.6. The fourth-order valence-electron chi connectivity index (χ4n) is 3.92. The molecule has 164 valence electrons. The van der Waals surface area contributed by atoms with Crippen molar-refractivity contribution in [2.24, 2.45) is 10.8 Å². The minimum Gasteiger partial charge on any atom is -0.386 e. The van der Waals surface area contributed by atoms with Crippen LogP contribution >= 0.6 is 0 Å². The summed E-state index contributed by atoms with van der Waals surface area (Å²) in [7, 11) is 1.76. The highest BCUT2D eigenvalue weighted by molar-refractivity contribution is 5.88. The van der Waals surface area contributed by atoms with Crippen molar-refractivity contribution in [3.05, 3.63) is 59.7 Å². The first kappa shape index (κ1) is 22.4. The minimum atomic E-state index is -0.545. The van der Waals surface area contributed by atoms with Crippen LogP contribution in [0.15, 0.2) is 53.6 Å². The van der Waals surface area contributed by atoms with Gasteiger partial charge in [0.25, 0.3) is 0 Å². The highest BCUT2D eigenvalue weighted by Gasteiger charge is 2.37. The van der Waals surface area contributed by atoms with Crippen LogP contribution in [-0.4, -0.2) is 42.4 Å². The summed E-state index contributed by atoms with van der Waals surface area (Å²) in [6.07, 6.45) is 2.42. The van der Waals surface area contributed by atoms with Crippen LogP contribution in [-0.2, 0) is 22.6 Å². The second kappa shape index (κ2) is 10.7. The molecule has 2 aromatic carbocycles. The van der Waals surface area contributed by atoms with Gasteiger partial charge in [-0.2, -0.15) is 5.11 Å². The number of nitrogens with two attached hydrogens (primary N) is 1. The fraction of sp³-hybridized carbons (Fsp3) is 0.391. The molecule has 0 spiro atoms. The van der Waals surface area contributed by atoms with Gasteiger partial charge in [0.2, 0.25) is 11.8 Å². The maximum Gasteiger partial charge on any atom is 0.243 e. The van der Waals surface area contributed by atoms with E-state index in [0.29, 0.717) is 31.6 Å². The largest absolute Gasteiger partial charge is 0.386 e. The normalized spacial score (nSPS) is 17.9. The Morgan fingerprint density at radius 2 is 1.97 bits per heavy atom. The number of nitrogens with one attached hydrogen (secondary N) is 3. The molecule has 0 aliphatic carbocycles. The summed E-state index contributed by atoms with van der Waals surface area (Å²) in [4.78, 5) is 27.2. The summed E-state index contributed by atoms with van der Waals surface area (Å²) in [6.45, 7) is 0.702. The molecule has 3 rings (SSSR count). The van der Waals surface area contributed by atoms with E-state index in [0.717, 1.165) is 24.1 Å². The standard InChI is InChI=1S/C23H30N6O2/c1-26-19-11-10-17(12-20(19)28-25)14-27-23(31)21-13-18(24)15-29(21)22(30)9-5-8-16-6-3-2-4-7-16/h2-4,6-7,10-12,18,21,25-26H,5,8-9,13-15,24H2,1H3,(H,27,31). The zero-order chi connectivity index (χ0) is 22.2. The fourth-order valence-corrected chi connectivity index (χ4v) is 3.92. The molecular weight excluding hydrogens is 392 g/mol. The van der Waals surface area contributed by atoms with Gasteiger partial charge in [0.1, 0.15) is 11.7 Å². The predicted octanol–water partition coefficient (Wildman–Crippen LogP) is 2.96. The summed E-state index contributed by atoms with van der Waals surface area (Å²) >= 11 is 0. The first-order valence-electron chi connectivity index (χ1n) is 10.6. The van der Waals surface area contributed by atoms with Crippen molar-refractivity contribution in [2.45, 2.75) is 44.3 Å². The number of nitrogens with zero attached hydrogens (tertiary/aromatic N) is 2. The molecule has 31 heavy (non-hydrogen) atoms. The molecule has 2 atom stereocenters. The number of carbonyl (C=O) groups excluding carboxylic acids is 2. The van der Waals surface area contributed by atoms with Gasteiger partial charge in [-0.15, -0.1) is 0 Å². The van der Waals surface area contributed by atoms with Crippen molar-refractivity contribution in [1.29, 1.82) is 5.53 Å². The molecule has 0 bridgehead atoms. The molecule has 2 unspecified atom stereocenters. The summed E-state index contributed by atoms with van der Waals surface area (Å²) < 4.78 is 0. The van der Waals surface area contributed by atoms with Crippen molar-refractivity contribution in [1.82, 2.24) is 10.2 Å². The number of amides is 2. The summed E-state index contributed by atoms with van der Waals surface area (Å²) in [6, 6.07) is 14.8. The van der Waals surface area contributed by atoms with Crippen LogP contribution in [0, 0.1) is 5.53 Å². The Morgan fingerprint density at radius 3 is 2.68 bits per heavy atom. The highest BCUT2D eigenvalue weighted by atomic mass is 16.2. The highest BCUT2D eigenvalue weighted by Crippen LogP contribution is 2.25. The Kier molecular flexibility index (Phi) is 7.72. The monoisotopic (exact) mass is 422 g/mol. The molecule has 5 N–H and O–H groups in total. The van der Waals surface area contributed by atoms with Gasteiger partial charge in [-0.05, 0) is 42.5 Å². The molecule has 1 aliphatic heterocycles. The Labute approximate surface area is 182 Å². The van der Waals surface area contributed by atoms with Crippen LogP contribution in [0.25, 0.3) is 0 Å². The molecule has 1 saturated heterocycles. The third-order valence-electron chi connectivity index (χ3n) is 5.57. The summed E-state index contributed by atoms with van der Waals surface area (Å²) in [5, 5.41) is 9.39. The quantitative estimate of drug-likeness (QED) is 0.464. The molecule has 0 saturated carbocycles. The van der Waals surface area contributed by atoms with Crippen molar-refractivity contribution in [3.63, 3.8) is 0 Å². The number of rotatable bonds is 9. The van der Waals surface area contributed by atoms with Crippen molar-refractivity contribution in [2.75, 3.05) is 18.9 Å². The first-order chi connectivity index (χ1) is 15.0. The molecule has 0 aromatic heterocycles. The zero-order valence-electron chi connectivity index (χ0n) is 17.8. The van der Waals surface area contributed by atoms with Gasteiger partial charge in [-0.1, -0.05) is 36.4 Å². The molecular formula is C23H30N6O2. The van der Waals surface area contributed by atoms with Gasteiger partial charge in [0.05, 0.1) is 5.69 Å². The van der Waals surface area contributed by atoms with E-state index in [1.165, 1.54) is 5.56 Å². The Morgan fingerprint density at radius 1 is 1.19 bits per heavy atom. The van der Waals surface area contributed by atoms with Crippen LogP contribution in [0.4, 0.5) is 11.4 Å². The van der Waals surface area contributed by atoms with Crippen molar-refractivity contribution >= 4 is 23.2 Å². The lowest BCUT2D eigenvalue weighted by Gasteiger charge is -2.24. The lowest BCUT2D eigenvalue weighted by Crippen LogP contribution is -2.45. The van der Waals surface area contributed by atoms with Gasteiger partial charge in [-0.25, -0.2) is 5.53 Å². The van der Waals surface area contributed by atoms with Crippen molar-refractivity contribution in [3.8, 4) is 0 Å². The van der Waals surface area contributed by atoms with E-state index in [2.05, 4.69) is 27.9 Å². The predicted molar refractivity (Wildman–Crippen MR) is 120 cm³/mol. The molecule has 2 amide bonds. The van der Waals surface area contributed by atoms with E-state index in [1.54, 1.807) is 18.0 Å². The lowest BCUT2D eigenvalue weighted by molar-refractivity contribution is -0.138. The van der Waals surface area contributed by atoms with Gasteiger partial charge >= 0.3 is 0 Å². The van der Waals surface area contributed by atoms with Gasteiger partial charge < -0.3 is 21.3 Å². The van der Waals surface area contributed by atoms with E-state index in [-0.39, 0.29) is 17.9 Å².